The molecule has 0 radical (unpaired) electrons. The zero-order chi connectivity index (χ0) is 11.3. The van der Waals surface area contributed by atoms with Gasteiger partial charge in [0.1, 0.15) is 0 Å². The molecule has 3 heteroatoms. The standard InChI is InChI=1S/C12H17NO2/c1-4-8-13-11-7-5-6-10(9(11)2)12(14)15-3/h5-7,13H,4,8H2,1-3H3. The minimum Gasteiger partial charge on any atom is -0.465 e. The first kappa shape index (κ1) is 11.6. The van der Waals surface area contributed by atoms with Crippen LogP contribution in [0.3, 0.4) is 0 Å². The minimum absolute atomic E-state index is 0.285. The topological polar surface area (TPSA) is 38.3 Å². The van der Waals surface area contributed by atoms with Gasteiger partial charge < -0.3 is 10.1 Å². The van der Waals surface area contributed by atoms with Crippen LogP contribution in [0.25, 0.3) is 0 Å². The Morgan fingerprint density at radius 3 is 2.80 bits per heavy atom. The van der Waals surface area contributed by atoms with Crippen LogP contribution in [0.2, 0.25) is 0 Å². The molecule has 1 aromatic carbocycles. The molecule has 0 heterocycles. The molecule has 1 rings (SSSR count). The van der Waals surface area contributed by atoms with Crippen LogP contribution in [-0.4, -0.2) is 19.6 Å². The van der Waals surface area contributed by atoms with Crippen molar-refractivity contribution in [2.24, 2.45) is 0 Å². The third kappa shape index (κ3) is 2.72. The van der Waals surface area contributed by atoms with Crippen molar-refractivity contribution in [2.75, 3.05) is 19.0 Å². The summed E-state index contributed by atoms with van der Waals surface area (Å²) in [5.41, 5.74) is 2.57. The summed E-state index contributed by atoms with van der Waals surface area (Å²) in [5, 5.41) is 3.27. The SMILES string of the molecule is CCCNc1cccc(C(=O)OC)c1C. The zero-order valence-electron chi connectivity index (χ0n) is 9.46. The monoisotopic (exact) mass is 207 g/mol. The molecular formula is C12H17NO2. The number of nitrogens with one attached hydrogen (secondary N) is 1. The lowest BCUT2D eigenvalue weighted by molar-refractivity contribution is 0.0600. The van der Waals surface area contributed by atoms with E-state index in [9.17, 15) is 4.79 Å². The van der Waals surface area contributed by atoms with Gasteiger partial charge in [-0.25, -0.2) is 4.79 Å². The Hall–Kier alpha value is -1.51. The van der Waals surface area contributed by atoms with Crippen LogP contribution in [0.4, 0.5) is 5.69 Å². The lowest BCUT2D eigenvalue weighted by Crippen LogP contribution is -2.07. The number of hydrogen-bond acceptors (Lipinski definition) is 3. The molecule has 0 spiro atoms. The molecule has 0 fully saturated rings. The summed E-state index contributed by atoms with van der Waals surface area (Å²) in [7, 11) is 1.40. The lowest BCUT2D eigenvalue weighted by atomic mass is 10.1. The largest absolute Gasteiger partial charge is 0.465 e. The van der Waals surface area contributed by atoms with Crippen molar-refractivity contribution < 1.29 is 9.53 Å². The predicted octanol–water partition coefficient (Wildman–Crippen LogP) is 2.60. The van der Waals surface area contributed by atoms with Crippen LogP contribution in [0, 0.1) is 6.92 Å². The molecule has 0 aromatic heterocycles. The lowest BCUT2D eigenvalue weighted by Gasteiger charge is -2.11. The first-order chi connectivity index (χ1) is 7.20. The molecule has 0 aliphatic heterocycles. The summed E-state index contributed by atoms with van der Waals surface area (Å²) in [6, 6.07) is 5.60. The van der Waals surface area contributed by atoms with Gasteiger partial charge in [-0.05, 0) is 31.0 Å². The summed E-state index contributed by atoms with van der Waals surface area (Å²) < 4.78 is 4.71. The highest BCUT2D eigenvalue weighted by Crippen LogP contribution is 2.19. The van der Waals surface area contributed by atoms with Crippen LogP contribution in [-0.2, 0) is 4.74 Å². The second-order valence-corrected chi connectivity index (χ2v) is 3.40. The fourth-order valence-corrected chi connectivity index (χ4v) is 1.42. The Labute approximate surface area is 90.4 Å². The number of methoxy groups -OCH3 is 1. The van der Waals surface area contributed by atoms with Crippen molar-refractivity contribution in [2.45, 2.75) is 20.3 Å². The normalized spacial score (nSPS) is 9.80. The molecule has 0 unspecified atom stereocenters. The fraction of sp³-hybridized carbons (Fsp3) is 0.417. The molecule has 0 aliphatic rings. The molecule has 15 heavy (non-hydrogen) atoms. The van der Waals surface area contributed by atoms with Gasteiger partial charge in [0.2, 0.25) is 0 Å². The Morgan fingerprint density at radius 2 is 2.20 bits per heavy atom. The Bertz CT molecular complexity index is 347. The summed E-state index contributed by atoms with van der Waals surface area (Å²) in [5.74, 6) is -0.285. The van der Waals surface area contributed by atoms with E-state index in [4.69, 9.17) is 4.74 Å². The molecule has 0 bridgehead atoms. The van der Waals surface area contributed by atoms with Crippen molar-refractivity contribution in [3.8, 4) is 0 Å². The van der Waals surface area contributed by atoms with Crippen molar-refractivity contribution >= 4 is 11.7 Å². The van der Waals surface area contributed by atoms with Gasteiger partial charge in [-0.2, -0.15) is 0 Å². The van der Waals surface area contributed by atoms with Gasteiger partial charge in [0.05, 0.1) is 12.7 Å². The molecule has 1 aromatic rings. The molecule has 0 atom stereocenters. The van der Waals surface area contributed by atoms with Crippen LogP contribution in [0.15, 0.2) is 18.2 Å². The Balaban J connectivity index is 2.95. The highest BCUT2D eigenvalue weighted by atomic mass is 16.5. The zero-order valence-corrected chi connectivity index (χ0v) is 9.46. The smallest absolute Gasteiger partial charge is 0.338 e. The quantitative estimate of drug-likeness (QED) is 0.771. The first-order valence-electron chi connectivity index (χ1n) is 5.12. The first-order valence-corrected chi connectivity index (χ1v) is 5.12. The van der Waals surface area contributed by atoms with E-state index in [-0.39, 0.29) is 5.97 Å². The summed E-state index contributed by atoms with van der Waals surface area (Å²) in [6.45, 7) is 4.93. The molecule has 1 N–H and O–H groups in total. The molecule has 3 nitrogen and oxygen atoms in total. The van der Waals surface area contributed by atoms with E-state index in [0.717, 1.165) is 24.2 Å². The minimum atomic E-state index is -0.285. The highest BCUT2D eigenvalue weighted by Gasteiger charge is 2.10. The maximum Gasteiger partial charge on any atom is 0.338 e. The number of carbonyl (C=O) groups excluding carboxylic acids is 1. The van der Waals surface area contributed by atoms with E-state index < -0.39 is 0 Å². The van der Waals surface area contributed by atoms with Crippen LogP contribution in [0.5, 0.6) is 0 Å². The second-order valence-electron chi connectivity index (χ2n) is 3.40. The summed E-state index contributed by atoms with van der Waals surface area (Å²) in [6.07, 6.45) is 1.06. The van der Waals surface area contributed by atoms with Crippen molar-refractivity contribution in [1.82, 2.24) is 0 Å². The maximum absolute atomic E-state index is 11.4. The second kappa shape index (κ2) is 5.39. The van der Waals surface area contributed by atoms with Crippen molar-refractivity contribution in [3.05, 3.63) is 29.3 Å². The number of rotatable bonds is 4. The van der Waals surface area contributed by atoms with Gasteiger partial charge in [0.15, 0.2) is 0 Å². The average Bonchev–Trinajstić information content (AvgIpc) is 2.27. The van der Waals surface area contributed by atoms with E-state index in [1.54, 1.807) is 6.07 Å². The fourth-order valence-electron chi connectivity index (χ4n) is 1.42. The molecule has 0 aliphatic carbocycles. The maximum atomic E-state index is 11.4. The average molecular weight is 207 g/mol. The van der Waals surface area contributed by atoms with Crippen LogP contribution < -0.4 is 5.32 Å². The van der Waals surface area contributed by atoms with Gasteiger partial charge in [-0.1, -0.05) is 13.0 Å². The summed E-state index contributed by atoms with van der Waals surface area (Å²) >= 11 is 0. The number of anilines is 1. The van der Waals surface area contributed by atoms with E-state index in [0.29, 0.717) is 5.56 Å². The van der Waals surface area contributed by atoms with Crippen molar-refractivity contribution in [3.63, 3.8) is 0 Å². The van der Waals surface area contributed by atoms with Crippen LogP contribution >= 0.6 is 0 Å². The van der Waals surface area contributed by atoms with Gasteiger partial charge >= 0.3 is 5.97 Å². The highest BCUT2D eigenvalue weighted by molar-refractivity contribution is 5.92. The molecule has 0 amide bonds. The van der Waals surface area contributed by atoms with Crippen molar-refractivity contribution in [1.29, 1.82) is 0 Å². The number of ether oxygens (including phenoxy) is 1. The van der Waals surface area contributed by atoms with E-state index >= 15 is 0 Å². The van der Waals surface area contributed by atoms with Crippen LogP contribution in [0.1, 0.15) is 29.3 Å². The molecule has 0 saturated carbocycles. The molecule has 0 saturated heterocycles. The van der Waals surface area contributed by atoms with Gasteiger partial charge in [0.25, 0.3) is 0 Å². The summed E-state index contributed by atoms with van der Waals surface area (Å²) in [4.78, 5) is 11.4. The third-order valence-corrected chi connectivity index (χ3v) is 2.30. The van der Waals surface area contributed by atoms with Gasteiger partial charge in [-0.3, -0.25) is 0 Å². The van der Waals surface area contributed by atoms with Gasteiger partial charge in [-0.15, -0.1) is 0 Å². The molecular weight excluding hydrogens is 190 g/mol. The van der Waals surface area contributed by atoms with E-state index in [2.05, 4.69) is 12.2 Å². The predicted molar refractivity (Wildman–Crippen MR) is 61.3 cm³/mol. The Kier molecular flexibility index (Phi) is 4.16. The van der Waals surface area contributed by atoms with Gasteiger partial charge in [0, 0.05) is 12.2 Å². The van der Waals surface area contributed by atoms with E-state index in [1.807, 2.05) is 19.1 Å². The number of benzene rings is 1. The molecule has 82 valence electrons. The Morgan fingerprint density at radius 1 is 1.47 bits per heavy atom. The number of carbonyl (C=O) groups is 1. The third-order valence-electron chi connectivity index (χ3n) is 2.30. The number of hydrogen-bond donors (Lipinski definition) is 1. The van der Waals surface area contributed by atoms with E-state index in [1.165, 1.54) is 7.11 Å². The number of esters is 1.